The number of anilines is 1. The highest BCUT2D eigenvalue weighted by atomic mass is 19.1. The van der Waals surface area contributed by atoms with Gasteiger partial charge in [-0.3, -0.25) is 9.36 Å². The maximum absolute atomic E-state index is 15.2. The smallest absolute Gasteiger partial charge is 0.264 e. The molecule has 178 valence electrons. The first-order valence-corrected chi connectivity index (χ1v) is 11.7. The summed E-state index contributed by atoms with van der Waals surface area (Å²) in [5.74, 6) is 0.635. The van der Waals surface area contributed by atoms with Crippen molar-refractivity contribution in [3.63, 3.8) is 0 Å². The minimum atomic E-state index is -0.442. The molecule has 4 aromatic rings. The molecule has 34 heavy (non-hydrogen) atoms. The first kappa shape index (κ1) is 23.5. The van der Waals surface area contributed by atoms with Gasteiger partial charge in [0, 0.05) is 50.6 Å². The van der Waals surface area contributed by atoms with E-state index in [1.807, 2.05) is 37.4 Å². The van der Waals surface area contributed by atoms with E-state index in [1.165, 1.54) is 6.07 Å². The summed E-state index contributed by atoms with van der Waals surface area (Å²) in [5.41, 5.74) is 2.25. The summed E-state index contributed by atoms with van der Waals surface area (Å²) in [5, 5.41) is 0.415. The van der Waals surface area contributed by atoms with Crippen molar-refractivity contribution in [1.29, 1.82) is 0 Å². The van der Waals surface area contributed by atoms with Crippen LogP contribution in [0.2, 0.25) is 0 Å². The molecule has 0 fully saturated rings. The monoisotopic (exact) mass is 462 g/mol. The molecule has 7 heteroatoms. The molecule has 0 saturated heterocycles. The molecule has 0 unspecified atom stereocenters. The molecule has 0 aliphatic rings. The minimum absolute atomic E-state index is 0.184. The van der Waals surface area contributed by atoms with Crippen LogP contribution in [0.25, 0.3) is 22.2 Å². The fourth-order valence-corrected chi connectivity index (χ4v) is 4.27. The van der Waals surface area contributed by atoms with Gasteiger partial charge in [-0.2, -0.15) is 4.98 Å². The second kappa shape index (κ2) is 10.1. The van der Waals surface area contributed by atoms with Gasteiger partial charge in [-0.05, 0) is 30.5 Å². The summed E-state index contributed by atoms with van der Waals surface area (Å²) in [4.78, 5) is 20.4. The van der Waals surface area contributed by atoms with E-state index in [9.17, 15) is 4.79 Å². The van der Waals surface area contributed by atoms with Crippen molar-refractivity contribution in [2.24, 2.45) is 14.1 Å². The van der Waals surface area contributed by atoms with Crippen LogP contribution in [0.4, 0.5) is 10.3 Å². The summed E-state index contributed by atoms with van der Waals surface area (Å²) in [6, 6.07) is 14.5. The molecule has 0 radical (unpaired) electrons. The molecular weight excluding hydrogens is 431 g/mol. The number of benzene rings is 2. The lowest BCUT2D eigenvalue weighted by Crippen LogP contribution is -2.33. The number of halogens is 1. The Labute approximate surface area is 199 Å². The van der Waals surface area contributed by atoms with E-state index in [4.69, 9.17) is 9.72 Å². The van der Waals surface area contributed by atoms with Crippen molar-refractivity contribution in [1.82, 2.24) is 14.1 Å². The zero-order chi connectivity index (χ0) is 24.2. The van der Waals surface area contributed by atoms with Crippen LogP contribution in [0.15, 0.2) is 59.5 Å². The van der Waals surface area contributed by atoms with Gasteiger partial charge in [0.05, 0.1) is 5.39 Å². The minimum Gasteiger partial charge on any atom is -0.489 e. The largest absolute Gasteiger partial charge is 0.489 e. The van der Waals surface area contributed by atoms with Crippen LogP contribution in [0.5, 0.6) is 5.75 Å². The van der Waals surface area contributed by atoms with Crippen molar-refractivity contribution in [2.45, 2.75) is 33.3 Å². The summed E-state index contributed by atoms with van der Waals surface area (Å²) in [6.07, 6.45) is 3.68. The van der Waals surface area contributed by atoms with Gasteiger partial charge < -0.3 is 14.2 Å². The van der Waals surface area contributed by atoms with Crippen molar-refractivity contribution in [2.75, 3.05) is 18.0 Å². The van der Waals surface area contributed by atoms with E-state index in [0.29, 0.717) is 40.5 Å². The van der Waals surface area contributed by atoms with E-state index in [0.717, 1.165) is 31.5 Å². The van der Waals surface area contributed by atoms with Crippen molar-refractivity contribution < 1.29 is 9.13 Å². The Hall–Kier alpha value is -3.61. The molecule has 0 bridgehead atoms. The Kier molecular flexibility index (Phi) is 7.01. The molecule has 0 spiro atoms. The number of rotatable bonds is 9. The van der Waals surface area contributed by atoms with Gasteiger partial charge in [0.2, 0.25) is 5.95 Å². The van der Waals surface area contributed by atoms with Crippen LogP contribution < -0.4 is 15.2 Å². The highest BCUT2D eigenvalue weighted by Gasteiger charge is 2.21. The predicted octanol–water partition coefficient (Wildman–Crippen LogP) is 5.28. The van der Waals surface area contributed by atoms with Crippen LogP contribution in [0, 0.1) is 5.82 Å². The molecule has 0 atom stereocenters. The fourth-order valence-electron chi connectivity index (χ4n) is 4.27. The third-order valence-electron chi connectivity index (χ3n) is 5.92. The van der Waals surface area contributed by atoms with Crippen LogP contribution in [0.3, 0.4) is 0 Å². The molecule has 2 aromatic heterocycles. The van der Waals surface area contributed by atoms with Gasteiger partial charge in [-0.25, -0.2) is 4.39 Å². The first-order chi connectivity index (χ1) is 16.4. The second-order valence-electron chi connectivity index (χ2n) is 8.53. The van der Waals surface area contributed by atoms with Gasteiger partial charge in [-0.1, -0.05) is 44.2 Å². The lowest BCUT2D eigenvalue weighted by atomic mass is 10.1. The second-order valence-corrected chi connectivity index (χ2v) is 8.53. The summed E-state index contributed by atoms with van der Waals surface area (Å²) in [7, 11) is 3.57. The summed E-state index contributed by atoms with van der Waals surface area (Å²) in [6.45, 7) is 6.20. The number of aromatic nitrogens is 3. The SMILES string of the molecule is CCCN(CCC)c1nc2c(c(-c3ccc(OCc4ccccc4)cc3F)cn2C)c(=O)n1C. The van der Waals surface area contributed by atoms with Crippen molar-refractivity contribution in [3.05, 3.63) is 76.5 Å². The summed E-state index contributed by atoms with van der Waals surface area (Å²) >= 11 is 0. The van der Waals surface area contributed by atoms with E-state index in [1.54, 1.807) is 34.5 Å². The Bertz CT molecular complexity index is 1340. The molecule has 0 aliphatic carbocycles. The number of hydrogen-bond acceptors (Lipinski definition) is 4. The predicted molar refractivity (Wildman–Crippen MR) is 135 cm³/mol. The number of aryl methyl sites for hydroxylation is 1. The highest BCUT2D eigenvalue weighted by Crippen LogP contribution is 2.32. The normalized spacial score (nSPS) is 11.2. The van der Waals surface area contributed by atoms with Crippen LogP contribution in [-0.4, -0.2) is 27.2 Å². The Morgan fingerprint density at radius 3 is 2.35 bits per heavy atom. The Balaban J connectivity index is 1.72. The highest BCUT2D eigenvalue weighted by molar-refractivity contribution is 5.94. The number of hydrogen-bond donors (Lipinski definition) is 0. The van der Waals surface area contributed by atoms with E-state index >= 15 is 4.39 Å². The van der Waals surface area contributed by atoms with Gasteiger partial charge in [0.1, 0.15) is 23.8 Å². The molecule has 0 aliphatic heterocycles. The lowest BCUT2D eigenvalue weighted by Gasteiger charge is -2.24. The van der Waals surface area contributed by atoms with Crippen molar-refractivity contribution >= 4 is 17.0 Å². The van der Waals surface area contributed by atoms with E-state index in [-0.39, 0.29) is 5.56 Å². The van der Waals surface area contributed by atoms with Crippen LogP contribution >= 0.6 is 0 Å². The molecular formula is C27H31FN4O2. The molecule has 0 amide bonds. The first-order valence-electron chi connectivity index (χ1n) is 11.7. The number of nitrogens with zero attached hydrogens (tertiary/aromatic N) is 4. The average molecular weight is 463 g/mol. The zero-order valence-corrected chi connectivity index (χ0v) is 20.2. The molecule has 2 heterocycles. The number of fused-ring (bicyclic) bond motifs is 1. The van der Waals surface area contributed by atoms with Gasteiger partial charge in [0.15, 0.2) is 0 Å². The third-order valence-corrected chi connectivity index (χ3v) is 5.92. The standard InChI is InChI=1S/C27H31FN4O2/c1-5-14-32(15-6-2)27-29-25-24(26(33)31(27)4)22(17-30(25)3)21-13-12-20(16-23(21)28)34-18-19-10-8-7-9-11-19/h7-13,16-17H,5-6,14-15,18H2,1-4H3. The van der Waals surface area contributed by atoms with Crippen LogP contribution in [0.1, 0.15) is 32.3 Å². The van der Waals surface area contributed by atoms with Crippen LogP contribution in [-0.2, 0) is 20.7 Å². The number of ether oxygens (including phenoxy) is 1. The lowest BCUT2D eigenvalue weighted by molar-refractivity contribution is 0.304. The van der Waals surface area contributed by atoms with Gasteiger partial charge in [-0.15, -0.1) is 0 Å². The Morgan fingerprint density at radius 1 is 1.00 bits per heavy atom. The van der Waals surface area contributed by atoms with Gasteiger partial charge in [0.25, 0.3) is 5.56 Å². The maximum atomic E-state index is 15.2. The van der Waals surface area contributed by atoms with Crippen molar-refractivity contribution in [3.8, 4) is 16.9 Å². The zero-order valence-electron chi connectivity index (χ0n) is 20.2. The topological polar surface area (TPSA) is 52.3 Å². The molecule has 6 nitrogen and oxygen atoms in total. The summed E-state index contributed by atoms with van der Waals surface area (Å²) < 4.78 is 24.3. The van der Waals surface area contributed by atoms with Gasteiger partial charge >= 0.3 is 0 Å². The third kappa shape index (κ3) is 4.55. The molecule has 0 N–H and O–H groups in total. The van der Waals surface area contributed by atoms with E-state index in [2.05, 4.69) is 18.7 Å². The Morgan fingerprint density at radius 2 is 1.71 bits per heavy atom. The molecule has 2 aromatic carbocycles. The molecule has 0 saturated carbocycles. The average Bonchev–Trinajstić information content (AvgIpc) is 3.16. The molecule has 4 rings (SSSR count). The fraction of sp³-hybridized carbons (Fsp3) is 0.333. The van der Waals surface area contributed by atoms with E-state index < -0.39 is 5.82 Å². The quantitative estimate of drug-likeness (QED) is 0.339. The maximum Gasteiger partial charge on any atom is 0.264 e.